The van der Waals surface area contributed by atoms with Gasteiger partial charge in [-0.3, -0.25) is 9.59 Å². The highest BCUT2D eigenvalue weighted by Crippen LogP contribution is 2.26. The molecule has 2 aromatic carbocycles. The molecule has 3 rings (SSSR count). The molecule has 1 aliphatic rings. The first-order valence-electron chi connectivity index (χ1n) is 9.47. The number of carbonyl (C=O) groups is 2. The Morgan fingerprint density at radius 1 is 1.07 bits per heavy atom. The van der Waals surface area contributed by atoms with E-state index in [1.54, 1.807) is 29.2 Å². The maximum absolute atomic E-state index is 12.9. The van der Waals surface area contributed by atoms with Gasteiger partial charge in [0, 0.05) is 25.9 Å². The van der Waals surface area contributed by atoms with E-state index in [0.29, 0.717) is 24.4 Å². The minimum atomic E-state index is -0.577. The molecule has 0 aliphatic carbocycles. The van der Waals surface area contributed by atoms with Gasteiger partial charge in [-0.15, -0.1) is 0 Å². The van der Waals surface area contributed by atoms with E-state index in [9.17, 15) is 9.59 Å². The van der Waals surface area contributed by atoms with Gasteiger partial charge in [-0.2, -0.15) is 0 Å². The average molecular weight is 382 g/mol. The van der Waals surface area contributed by atoms with E-state index < -0.39 is 5.91 Å². The third kappa shape index (κ3) is 4.82. The van der Waals surface area contributed by atoms with Crippen LogP contribution in [0.1, 0.15) is 34.3 Å². The molecular formula is C22H26N2O4. The van der Waals surface area contributed by atoms with Crippen LogP contribution in [0.4, 0.5) is 0 Å². The molecule has 0 saturated carbocycles. The molecule has 6 nitrogen and oxygen atoms in total. The van der Waals surface area contributed by atoms with Crippen LogP contribution in [-0.2, 0) is 4.79 Å². The average Bonchev–Trinajstić information content (AvgIpc) is 2.69. The van der Waals surface area contributed by atoms with E-state index in [-0.39, 0.29) is 18.6 Å². The number of carbonyl (C=O) groups excluding carboxylic acids is 2. The molecule has 0 aromatic heterocycles. The summed E-state index contributed by atoms with van der Waals surface area (Å²) in [6.07, 6.45) is 1.62. The van der Waals surface area contributed by atoms with Gasteiger partial charge in [0.15, 0.2) is 6.61 Å². The maximum Gasteiger partial charge on any atom is 0.257 e. The first-order valence-corrected chi connectivity index (χ1v) is 9.47. The van der Waals surface area contributed by atoms with Crippen molar-refractivity contribution in [2.24, 2.45) is 5.73 Å². The summed E-state index contributed by atoms with van der Waals surface area (Å²) in [6.45, 7) is 5.05. The summed E-state index contributed by atoms with van der Waals surface area (Å²) in [7, 11) is 0. The fourth-order valence-electron chi connectivity index (χ4n) is 3.28. The number of para-hydroxylation sites is 1. The standard InChI is InChI=1S/C22H26N2O4/c1-15-7-8-16(2)20(13-15)28-17-9-11-24(12-10-17)22(26)18-5-3-4-6-19(18)27-14-21(23)25/h3-8,13,17H,9-12,14H2,1-2H3,(H2,23,25). The first kappa shape index (κ1) is 19.7. The first-order chi connectivity index (χ1) is 13.4. The molecule has 2 amide bonds. The van der Waals surface area contributed by atoms with Crippen LogP contribution in [0, 0.1) is 13.8 Å². The number of aryl methyl sites for hydroxylation is 2. The van der Waals surface area contributed by atoms with Crippen molar-refractivity contribution in [3.05, 3.63) is 59.2 Å². The van der Waals surface area contributed by atoms with Crippen molar-refractivity contribution < 1.29 is 19.1 Å². The Kier molecular flexibility index (Phi) is 6.19. The van der Waals surface area contributed by atoms with E-state index in [0.717, 1.165) is 24.2 Å². The second-order valence-electron chi connectivity index (χ2n) is 7.13. The molecule has 2 N–H and O–H groups in total. The third-order valence-corrected chi connectivity index (χ3v) is 4.85. The highest BCUT2D eigenvalue weighted by Gasteiger charge is 2.26. The lowest BCUT2D eigenvalue weighted by Crippen LogP contribution is -2.42. The number of amides is 2. The Bertz CT molecular complexity index is 857. The maximum atomic E-state index is 12.9. The molecular weight excluding hydrogens is 356 g/mol. The van der Waals surface area contributed by atoms with Gasteiger partial charge >= 0.3 is 0 Å². The van der Waals surface area contributed by atoms with Crippen molar-refractivity contribution in [2.75, 3.05) is 19.7 Å². The van der Waals surface area contributed by atoms with Crippen LogP contribution in [0.2, 0.25) is 0 Å². The monoisotopic (exact) mass is 382 g/mol. The highest BCUT2D eigenvalue weighted by atomic mass is 16.5. The Labute approximate surface area is 165 Å². The molecule has 0 atom stereocenters. The number of primary amides is 1. The van der Waals surface area contributed by atoms with Gasteiger partial charge in [-0.05, 0) is 43.2 Å². The van der Waals surface area contributed by atoms with Crippen molar-refractivity contribution in [3.63, 3.8) is 0 Å². The number of benzene rings is 2. The van der Waals surface area contributed by atoms with Gasteiger partial charge in [0.25, 0.3) is 11.8 Å². The molecule has 28 heavy (non-hydrogen) atoms. The topological polar surface area (TPSA) is 81.9 Å². The second-order valence-corrected chi connectivity index (χ2v) is 7.13. The molecule has 1 fully saturated rings. The summed E-state index contributed by atoms with van der Waals surface area (Å²) in [5.74, 6) is 0.604. The number of rotatable bonds is 6. The Balaban J connectivity index is 1.61. The quantitative estimate of drug-likeness (QED) is 0.833. The van der Waals surface area contributed by atoms with Crippen molar-refractivity contribution in [1.82, 2.24) is 4.90 Å². The predicted octanol–water partition coefficient (Wildman–Crippen LogP) is 2.85. The van der Waals surface area contributed by atoms with Gasteiger partial charge in [0.2, 0.25) is 0 Å². The van der Waals surface area contributed by atoms with Crippen molar-refractivity contribution in [1.29, 1.82) is 0 Å². The van der Waals surface area contributed by atoms with E-state index in [1.165, 1.54) is 5.56 Å². The normalized spacial score (nSPS) is 14.6. The molecule has 2 aromatic rings. The fourth-order valence-corrected chi connectivity index (χ4v) is 3.28. The van der Waals surface area contributed by atoms with Gasteiger partial charge in [-0.1, -0.05) is 24.3 Å². The van der Waals surface area contributed by atoms with E-state index in [4.69, 9.17) is 15.2 Å². The van der Waals surface area contributed by atoms with Crippen molar-refractivity contribution >= 4 is 11.8 Å². The van der Waals surface area contributed by atoms with Crippen LogP contribution < -0.4 is 15.2 Å². The van der Waals surface area contributed by atoms with Crippen LogP contribution in [0.5, 0.6) is 11.5 Å². The van der Waals surface area contributed by atoms with Crippen LogP contribution in [0.25, 0.3) is 0 Å². The van der Waals surface area contributed by atoms with Gasteiger partial charge < -0.3 is 20.1 Å². The molecule has 0 radical (unpaired) electrons. The minimum Gasteiger partial charge on any atom is -0.490 e. The predicted molar refractivity (Wildman–Crippen MR) is 107 cm³/mol. The molecule has 0 unspecified atom stereocenters. The van der Waals surface area contributed by atoms with Crippen molar-refractivity contribution in [3.8, 4) is 11.5 Å². The number of piperidine rings is 1. The number of likely N-dealkylation sites (tertiary alicyclic amines) is 1. The van der Waals surface area contributed by atoms with Crippen LogP contribution in [-0.4, -0.2) is 42.5 Å². The third-order valence-electron chi connectivity index (χ3n) is 4.85. The van der Waals surface area contributed by atoms with Gasteiger partial charge in [0.1, 0.15) is 17.6 Å². The molecule has 1 saturated heterocycles. The van der Waals surface area contributed by atoms with Gasteiger partial charge in [-0.25, -0.2) is 0 Å². The summed E-state index contributed by atoms with van der Waals surface area (Å²) >= 11 is 0. The van der Waals surface area contributed by atoms with Crippen LogP contribution in [0.15, 0.2) is 42.5 Å². The van der Waals surface area contributed by atoms with Gasteiger partial charge in [0.05, 0.1) is 5.56 Å². The lowest BCUT2D eigenvalue weighted by atomic mass is 10.1. The van der Waals surface area contributed by atoms with Crippen LogP contribution in [0.3, 0.4) is 0 Å². The Morgan fingerprint density at radius 3 is 2.50 bits per heavy atom. The fraction of sp³-hybridized carbons (Fsp3) is 0.364. The van der Waals surface area contributed by atoms with Crippen LogP contribution >= 0.6 is 0 Å². The number of ether oxygens (including phenoxy) is 2. The smallest absolute Gasteiger partial charge is 0.257 e. The zero-order valence-electron chi connectivity index (χ0n) is 16.3. The minimum absolute atomic E-state index is 0.0888. The summed E-state index contributed by atoms with van der Waals surface area (Å²) < 4.78 is 11.6. The number of hydrogen-bond donors (Lipinski definition) is 1. The Morgan fingerprint density at radius 2 is 1.79 bits per heavy atom. The zero-order valence-corrected chi connectivity index (χ0v) is 16.3. The lowest BCUT2D eigenvalue weighted by Gasteiger charge is -2.33. The highest BCUT2D eigenvalue weighted by molar-refractivity contribution is 5.97. The summed E-state index contributed by atoms with van der Waals surface area (Å²) in [5, 5.41) is 0. The molecule has 0 spiro atoms. The second kappa shape index (κ2) is 8.78. The number of hydrogen-bond acceptors (Lipinski definition) is 4. The SMILES string of the molecule is Cc1ccc(C)c(OC2CCN(C(=O)c3ccccc3OCC(N)=O)CC2)c1. The van der Waals surface area contributed by atoms with Crippen molar-refractivity contribution in [2.45, 2.75) is 32.8 Å². The molecule has 1 aliphatic heterocycles. The van der Waals surface area contributed by atoms with E-state index in [1.807, 2.05) is 13.8 Å². The van der Waals surface area contributed by atoms with E-state index in [2.05, 4.69) is 18.2 Å². The Hall–Kier alpha value is -3.02. The molecule has 0 bridgehead atoms. The molecule has 148 valence electrons. The summed E-state index contributed by atoms with van der Waals surface area (Å²) in [6, 6.07) is 13.1. The number of nitrogens with zero attached hydrogens (tertiary/aromatic N) is 1. The lowest BCUT2D eigenvalue weighted by molar-refractivity contribution is -0.119. The number of nitrogens with two attached hydrogens (primary N) is 1. The zero-order chi connectivity index (χ0) is 20.1. The summed E-state index contributed by atoms with van der Waals surface area (Å²) in [4.78, 5) is 25.7. The summed E-state index contributed by atoms with van der Waals surface area (Å²) in [5.41, 5.74) is 7.86. The largest absolute Gasteiger partial charge is 0.490 e. The molecule has 6 heteroatoms. The van der Waals surface area contributed by atoms with E-state index >= 15 is 0 Å². The molecule has 1 heterocycles.